The van der Waals surface area contributed by atoms with E-state index in [1.807, 2.05) is 30.3 Å². The third kappa shape index (κ3) is 2.41. The molecule has 2 N–H and O–H groups in total. The second-order valence-corrected chi connectivity index (χ2v) is 4.13. The highest BCUT2D eigenvalue weighted by Crippen LogP contribution is 2.22. The zero-order valence-corrected chi connectivity index (χ0v) is 9.89. The van der Waals surface area contributed by atoms with Crippen LogP contribution in [0.2, 0.25) is 0 Å². The summed E-state index contributed by atoms with van der Waals surface area (Å²) in [5.74, 6) is -1.90. The number of hydrogen-bond donors (Lipinski definition) is 2. The van der Waals surface area contributed by atoms with E-state index in [1.165, 1.54) is 13.1 Å². The van der Waals surface area contributed by atoms with Gasteiger partial charge < -0.3 is 10.2 Å². The molecule has 0 saturated heterocycles. The van der Waals surface area contributed by atoms with Crippen molar-refractivity contribution in [1.82, 2.24) is 9.78 Å². The Morgan fingerprint density at radius 3 is 2.61 bits per heavy atom. The maximum absolute atomic E-state index is 10.8. The van der Waals surface area contributed by atoms with Crippen molar-refractivity contribution < 1.29 is 15.0 Å². The molecule has 0 spiro atoms. The number of nitrogens with zero attached hydrogens (tertiary/aromatic N) is 2. The third-order valence-corrected chi connectivity index (χ3v) is 2.83. The Labute approximate surface area is 104 Å². The Hall–Kier alpha value is -2.14. The van der Waals surface area contributed by atoms with Crippen LogP contribution in [0, 0.1) is 5.92 Å². The molecule has 2 rings (SSSR count). The van der Waals surface area contributed by atoms with E-state index in [0.717, 1.165) is 5.69 Å². The molecule has 0 radical (unpaired) electrons. The van der Waals surface area contributed by atoms with Gasteiger partial charge in [-0.3, -0.25) is 4.79 Å². The zero-order valence-electron chi connectivity index (χ0n) is 9.89. The highest BCUT2D eigenvalue weighted by atomic mass is 16.4. The Morgan fingerprint density at radius 2 is 2.00 bits per heavy atom. The van der Waals surface area contributed by atoms with E-state index in [0.29, 0.717) is 5.56 Å². The van der Waals surface area contributed by atoms with E-state index in [1.54, 1.807) is 10.9 Å². The SMILES string of the molecule is CC(C(=O)O)C(O)c1cnn(-c2ccccc2)c1. The van der Waals surface area contributed by atoms with Crippen LogP contribution in [0.25, 0.3) is 5.69 Å². The lowest BCUT2D eigenvalue weighted by atomic mass is 10.0. The fourth-order valence-corrected chi connectivity index (χ4v) is 1.64. The van der Waals surface area contributed by atoms with Gasteiger partial charge in [-0.2, -0.15) is 5.10 Å². The van der Waals surface area contributed by atoms with Crippen LogP contribution in [0.4, 0.5) is 0 Å². The van der Waals surface area contributed by atoms with Crippen molar-refractivity contribution in [2.45, 2.75) is 13.0 Å². The van der Waals surface area contributed by atoms with Crippen LogP contribution < -0.4 is 0 Å². The predicted molar refractivity (Wildman–Crippen MR) is 65.3 cm³/mol. The van der Waals surface area contributed by atoms with Crippen LogP contribution in [0.15, 0.2) is 42.7 Å². The Kier molecular flexibility index (Phi) is 3.43. The normalized spacial score (nSPS) is 14.1. The fourth-order valence-electron chi connectivity index (χ4n) is 1.64. The quantitative estimate of drug-likeness (QED) is 0.859. The number of aromatic nitrogens is 2. The molecule has 2 atom stereocenters. The predicted octanol–water partition coefficient (Wildman–Crippen LogP) is 1.63. The van der Waals surface area contributed by atoms with Crippen LogP contribution in [0.1, 0.15) is 18.6 Å². The molecule has 1 aromatic heterocycles. The number of carboxylic acid groups (broad SMARTS) is 1. The number of aliphatic hydroxyl groups excluding tert-OH is 1. The molecule has 0 aliphatic rings. The molecular weight excluding hydrogens is 232 g/mol. The lowest BCUT2D eigenvalue weighted by Crippen LogP contribution is -2.18. The summed E-state index contributed by atoms with van der Waals surface area (Å²) in [5.41, 5.74) is 1.35. The van der Waals surface area contributed by atoms with Crippen molar-refractivity contribution in [2.24, 2.45) is 5.92 Å². The van der Waals surface area contributed by atoms with Gasteiger partial charge in [-0.05, 0) is 19.1 Å². The van der Waals surface area contributed by atoms with E-state index >= 15 is 0 Å². The lowest BCUT2D eigenvalue weighted by Gasteiger charge is -2.12. The second-order valence-electron chi connectivity index (χ2n) is 4.13. The standard InChI is InChI=1S/C13H14N2O3/c1-9(13(17)18)12(16)10-7-14-15(8-10)11-5-3-2-4-6-11/h2-9,12,16H,1H3,(H,17,18). The molecule has 2 aromatic rings. The molecule has 5 heteroatoms. The number of aliphatic carboxylic acids is 1. The molecule has 0 aliphatic heterocycles. The summed E-state index contributed by atoms with van der Waals surface area (Å²) in [6.45, 7) is 1.47. The molecule has 0 fully saturated rings. The van der Waals surface area contributed by atoms with E-state index in [9.17, 15) is 9.90 Å². The van der Waals surface area contributed by atoms with Gasteiger partial charge in [-0.15, -0.1) is 0 Å². The first-order valence-electron chi connectivity index (χ1n) is 5.60. The van der Waals surface area contributed by atoms with E-state index in [-0.39, 0.29) is 0 Å². The number of carboxylic acids is 1. The minimum Gasteiger partial charge on any atom is -0.481 e. The van der Waals surface area contributed by atoms with Crippen molar-refractivity contribution in [3.63, 3.8) is 0 Å². The molecule has 0 saturated carbocycles. The van der Waals surface area contributed by atoms with Gasteiger partial charge in [0, 0.05) is 11.8 Å². The minimum atomic E-state index is -1.06. The number of para-hydroxylation sites is 1. The maximum Gasteiger partial charge on any atom is 0.309 e. The van der Waals surface area contributed by atoms with Crippen molar-refractivity contribution >= 4 is 5.97 Å². The summed E-state index contributed by atoms with van der Waals surface area (Å²) in [4.78, 5) is 10.8. The smallest absolute Gasteiger partial charge is 0.309 e. The largest absolute Gasteiger partial charge is 0.481 e. The van der Waals surface area contributed by atoms with Crippen molar-refractivity contribution in [3.8, 4) is 5.69 Å². The first-order chi connectivity index (χ1) is 8.59. The molecule has 5 nitrogen and oxygen atoms in total. The lowest BCUT2D eigenvalue weighted by molar-refractivity contribution is -0.145. The first kappa shape index (κ1) is 12.3. The molecule has 0 aliphatic carbocycles. The number of carbonyl (C=O) groups is 1. The Balaban J connectivity index is 2.23. The van der Waals surface area contributed by atoms with Gasteiger partial charge in [0.2, 0.25) is 0 Å². The highest BCUT2D eigenvalue weighted by Gasteiger charge is 2.24. The molecule has 0 amide bonds. The van der Waals surface area contributed by atoms with Gasteiger partial charge in [0.1, 0.15) is 0 Å². The third-order valence-electron chi connectivity index (χ3n) is 2.83. The minimum absolute atomic E-state index is 0.494. The average molecular weight is 246 g/mol. The van der Waals surface area contributed by atoms with E-state index < -0.39 is 18.0 Å². The molecule has 94 valence electrons. The average Bonchev–Trinajstić information content (AvgIpc) is 2.87. The van der Waals surface area contributed by atoms with Gasteiger partial charge in [-0.1, -0.05) is 18.2 Å². The molecular formula is C13H14N2O3. The molecule has 2 unspecified atom stereocenters. The van der Waals surface area contributed by atoms with Crippen LogP contribution in [-0.2, 0) is 4.79 Å². The number of hydrogen-bond acceptors (Lipinski definition) is 3. The summed E-state index contributed by atoms with van der Waals surface area (Å²) in [6, 6.07) is 9.42. The van der Waals surface area contributed by atoms with Gasteiger partial charge in [0.25, 0.3) is 0 Å². The monoisotopic (exact) mass is 246 g/mol. The van der Waals surface area contributed by atoms with Crippen LogP contribution >= 0.6 is 0 Å². The van der Waals surface area contributed by atoms with E-state index in [4.69, 9.17) is 5.11 Å². The van der Waals surface area contributed by atoms with Crippen LogP contribution in [0.3, 0.4) is 0 Å². The summed E-state index contributed by atoms with van der Waals surface area (Å²) in [6.07, 6.45) is 2.07. The van der Waals surface area contributed by atoms with Crippen LogP contribution in [-0.4, -0.2) is 26.0 Å². The highest BCUT2D eigenvalue weighted by molar-refractivity contribution is 5.70. The summed E-state index contributed by atoms with van der Waals surface area (Å²) >= 11 is 0. The summed E-state index contributed by atoms with van der Waals surface area (Å²) in [5, 5.41) is 22.8. The molecule has 0 bridgehead atoms. The second kappa shape index (κ2) is 5.01. The first-order valence-corrected chi connectivity index (χ1v) is 5.60. The summed E-state index contributed by atoms with van der Waals surface area (Å²) in [7, 11) is 0. The van der Waals surface area contributed by atoms with Crippen LogP contribution in [0.5, 0.6) is 0 Å². The van der Waals surface area contributed by atoms with Gasteiger partial charge in [0.05, 0.1) is 23.9 Å². The van der Waals surface area contributed by atoms with E-state index in [2.05, 4.69) is 5.10 Å². The number of rotatable bonds is 4. The molecule has 18 heavy (non-hydrogen) atoms. The maximum atomic E-state index is 10.8. The fraction of sp³-hybridized carbons (Fsp3) is 0.231. The van der Waals surface area contributed by atoms with Crippen molar-refractivity contribution in [2.75, 3.05) is 0 Å². The van der Waals surface area contributed by atoms with Gasteiger partial charge >= 0.3 is 5.97 Å². The van der Waals surface area contributed by atoms with Gasteiger partial charge in [-0.25, -0.2) is 4.68 Å². The molecule has 1 aromatic carbocycles. The number of benzene rings is 1. The Bertz CT molecular complexity index is 536. The number of aliphatic hydroxyl groups is 1. The topological polar surface area (TPSA) is 75.3 Å². The van der Waals surface area contributed by atoms with Crippen molar-refractivity contribution in [1.29, 1.82) is 0 Å². The molecule has 1 heterocycles. The van der Waals surface area contributed by atoms with Crippen molar-refractivity contribution in [3.05, 3.63) is 48.3 Å². The van der Waals surface area contributed by atoms with Gasteiger partial charge in [0.15, 0.2) is 0 Å². The Morgan fingerprint density at radius 1 is 1.33 bits per heavy atom. The zero-order chi connectivity index (χ0) is 13.1. The summed E-state index contributed by atoms with van der Waals surface area (Å²) < 4.78 is 1.60.